The number of nitrogens with zero attached hydrogens (tertiary/aromatic N) is 1. The fraction of sp³-hybridized carbons (Fsp3) is 0.421. The van der Waals surface area contributed by atoms with Crippen LogP contribution in [0.2, 0.25) is 0 Å². The molecule has 0 aliphatic heterocycles. The van der Waals surface area contributed by atoms with E-state index in [4.69, 9.17) is 5.73 Å². The van der Waals surface area contributed by atoms with E-state index in [2.05, 4.69) is 20.8 Å². The lowest BCUT2D eigenvalue weighted by Crippen LogP contribution is -2.31. The van der Waals surface area contributed by atoms with Gasteiger partial charge in [0.25, 0.3) is 5.56 Å². The number of benzene rings is 1. The molecule has 118 valence electrons. The summed E-state index contributed by atoms with van der Waals surface area (Å²) in [7, 11) is 0. The molecule has 2 N–H and O–H groups in total. The summed E-state index contributed by atoms with van der Waals surface area (Å²) in [6.07, 6.45) is 0.933. The molecule has 0 saturated heterocycles. The third kappa shape index (κ3) is 3.30. The first-order valence-electron chi connectivity index (χ1n) is 8.01. The number of aryl methyl sites for hydroxylation is 1. The number of hydrogen-bond donors (Lipinski definition) is 1. The van der Waals surface area contributed by atoms with Crippen molar-refractivity contribution in [3.8, 4) is 0 Å². The lowest BCUT2D eigenvalue weighted by Gasteiger charge is -2.19. The first-order valence-corrected chi connectivity index (χ1v) is 8.01. The largest absolute Gasteiger partial charge is 0.320 e. The van der Waals surface area contributed by atoms with Crippen molar-refractivity contribution < 1.29 is 0 Å². The summed E-state index contributed by atoms with van der Waals surface area (Å²) in [5.41, 5.74) is 10.3. The van der Waals surface area contributed by atoms with Crippen LogP contribution in [0.15, 0.2) is 41.2 Å². The van der Waals surface area contributed by atoms with Gasteiger partial charge in [0, 0.05) is 17.8 Å². The van der Waals surface area contributed by atoms with E-state index < -0.39 is 0 Å². The zero-order chi connectivity index (χ0) is 16.3. The molecule has 1 unspecified atom stereocenters. The van der Waals surface area contributed by atoms with Gasteiger partial charge >= 0.3 is 0 Å². The van der Waals surface area contributed by atoms with Crippen molar-refractivity contribution >= 4 is 0 Å². The smallest absolute Gasteiger partial charge is 0.255 e. The zero-order valence-electron chi connectivity index (χ0n) is 14.0. The maximum absolute atomic E-state index is 12.8. The number of nitrogens with two attached hydrogens (primary N) is 1. The lowest BCUT2D eigenvalue weighted by atomic mass is 9.98. The highest BCUT2D eigenvalue weighted by molar-refractivity contribution is 5.33. The number of aromatic nitrogens is 1. The van der Waals surface area contributed by atoms with Crippen LogP contribution < -0.4 is 11.3 Å². The predicted molar refractivity (Wildman–Crippen MR) is 92.3 cm³/mol. The molecule has 1 aromatic heterocycles. The highest BCUT2D eigenvalue weighted by atomic mass is 16.1. The third-order valence-electron chi connectivity index (χ3n) is 4.05. The first kappa shape index (κ1) is 16.5. The molecule has 3 nitrogen and oxygen atoms in total. The molecule has 0 bridgehead atoms. The molecule has 3 heteroatoms. The minimum Gasteiger partial charge on any atom is -0.320 e. The Balaban J connectivity index is 2.49. The van der Waals surface area contributed by atoms with Gasteiger partial charge in [0.1, 0.15) is 0 Å². The Morgan fingerprint density at radius 1 is 1.09 bits per heavy atom. The average Bonchev–Trinajstić information content (AvgIpc) is 2.49. The minimum absolute atomic E-state index is 0.0427. The lowest BCUT2D eigenvalue weighted by molar-refractivity contribution is 0.586. The SMILES string of the molecule is CCCn1c(C(C)C)ccc(C(N)c2ccc(C)cc2)c1=O. The fourth-order valence-electron chi connectivity index (χ4n) is 2.76. The molecule has 0 aliphatic carbocycles. The van der Waals surface area contributed by atoms with Crippen molar-refractivity contribution in [1.82, 2.24) is 4.57 Å². The monoisotopic (exact) mass is 298 g/mol. The van der Waals surface area contributed by atoms with Gasteiger partial charge in [-0.15, -0.1) is 0 Å². The summed E-state index contributed by atoms with van der Waals surface area (Å²) in [4.78, 5) is 12.8. The second-order valence-corrected chi connectivity index (χ2v) is 6.21. The number of pyridine rings is 1. The van der Waals surface area contributed by atoms with Crippen molar-refractivity contribution in [1.29, 1.82) is 0 Å². The van der Waals surface area contributed by atoms with Crippen LogP contribution in [0.5, 0.6) is 0 Å². The molecular formula is C19H26N2O. The molecule has 2 aromatic rings. The standard InChI is InChI=1S/C19H26N2O/c1-5-12-21-17(13(2)3)11-10-16(19(21)22)18(20)15-8-6-14(4)7-9-15/h6-11,13,18H,5,12,20H2,1-4H3. The molecule has 0 fully saturated rings. The molecule has 1 atom stereocenters. The molecule has 0 spiro atoms. The molecule has 2 rings (SSSR count). The molecule has 1 heterocycles. The summed E-state index contributed by atoms with van der Waals surface area (Å²) in [6.45, 7) is 9.09. The van der Waals surface area contributed by atoms with Gasteiger partial charge in [0.2, 0.25) is 0 Å². The Bertz CT molecular complexity index is 684. The summed E-state index contributed by atoms with van der Waals surface area (Å²) in [5, 5.41) is 0. The second kappa shape index (κ2) is 6.93. The van der Waals surface area contributed by atoms with E-state index in [-0.39, 0.29) is 11.6 Å². The van der Waals surface area contributed by atoms with Crippen molar-refractivity contribution in [2.45, 2.75) is 52.6 Å². The fourth-order valence-corrected chi connectivity index (χ4v) is 2.76. The second-order valence-electron chi connectivity index (χ2n) is 6.21. The average molecular weight is 298 g/mol. The van der Waals surface area contributed by atoms with Crippen LogP contribution in [-0.2, 0) is 6.54 Å². The van der Waals surface area contributed by atoms with Gasteiger partial charge in [-0.1, -0.05) is 50.6 Å². The van der Waals surface area contributed by atoms with Crippen LogP contribution in [-0.4, -0.2) is 4.57 Å². The van der Waals surface area contributed by atoms with E-state index in [0.717, 1.165) is 24.2 Å². The Kier molecular flexibility index (Phi) is 5.19. The third-order valence-corrected chi connectivity index (χ3v) is 4.05. The normalized spacial score (nSPS) is 12.6. The Hall–Kier alpha value is -1.87. The number of rotatable bonds is 5. The van der Waals surface area contributed by atoms with Crippen LogP contribution in [0.1, 0.15) is 61.5 Å². The summed E-state index contributed by atoms with van der Waals surface area (Å²) < 4.78 is 1.88. The van der Waals surface area contributed by atoms with E-state index >= 15 is 0 Å². The molecule has 22 heavy (non-hydrogen) atoms. The molecule has 0 aliphatic rings. The Morgan fingerprint density at radius 2 is 1.73 bits per heavy atom. The maximum Gasteiger partial charge on any atom is 0.255 e. The molecule has 0 radical (unpaired) electrons. The van der Waals surface area contributed by atoms with Gasteiger partial charge in [-0.05, 0) is 37.0 Å². The molecular weight excluding hydrogens is 272 g/mol. The highest BCUT2D eigenvalue weighted by Crippen LogP contribution is 2.20. The van der Waals surface area contributed by atoms with Crippen LogP contribution in [0, 0.1) is 6.92 Å². The van der Waals surface area contributed by atoms with E-state index in [1.165, 1.54) is 5.56 Å². The van der Waals surface area contributed by atoms with Crippen molar-refractivity contribution in [3.63, 3.8) is 0 Å². The van der Waals surface area contributed by atoms with E-state index in [1.54, 1.807) is 0 Å². The molecule has 0 amide bonds. The first-order chi connectivity index (χ1) is 10.5. The van der Waals surface area contributed by atoms with Gasteiger partial charge in [0.05, 0.1) is 6.04 Å². The van der Waals surface area contributed by atoms with Crippen molar-refractivity contribution in [3.05, 3.63) is 69.1 Å². The van der Waals surface area contributed by atoms with Crippen LogP contribution in [0.3, 0.4) is 0 Å². The topological polar surface area (TPSA) is 48.0 Å². The van der Waals surface area contributed by atoms with Crippen LogP contribution >= 0.6 is 0 Å². The van der Waals surface area contributed by atoms with E-state index in [9.17, 15) is 4.79 Å². The van der Waals surface area contributed by atoms with Crippen molar-refractivity contribution in [2.75, 3.05) is 0 Å². The van der Waals surface area contributed by atoms with Gasteiger partial charge in [-0.3, -0.25) is 4.79 Å². The quantitative estimate of drug-likeness (QED) is 0.914. The Morgan fingerprint density at radius 3 is 2.27 bits per heavy atom. The van der Waals surface area contributed by atoms with E-state index in [0.29, 0.717) is 11.5 Å². The van der Waals surface area contributed by atoms with Gasteiger partial charge in [-0.2, -0.15) is 0 Å². The minimum atomic E-state index is -0.377. The van der Waals surface area contributed by atoms with Gasteiger partial charge < -0.3 is 10.3 Å². The van der Waals surface area contributed by atoms with Gasteiger partial charge in [0.15, 0.2) is 0 Å². The Labute approximate surface area is 132 Å². The highest BCUT2D eigenvalue weighted by Gasteiger charge is 2.17. The number of hydrogen-bond acceptors (Lipinski definition) is 2. The summed E-state index contributed by atoms with van der Waals surface area (Å²) in [5.74, 6) is 0.323. The van der Waals surface area contributed by atoms with Crippen LogP contribution in [0.25, 0.3) is 0 Å². The molecule has 0 saturated carbocycles. The van der Waals surface area contributed by atoms with Crippen molar-refractivity contribution in [2.24, 2.45) is 5.73 Å². The van der Waals surface area contributed by atoms with Crippen LogP contribution in [0.4, 0.5) is 0 Å². The molecule has 1 aromatic carbocycles. The predicted octanol–water partition coefficient (Wildman–Crippen LogP) is 3.74. The zero-order valence-corrected chi connectivity index (χ0v) is 14.0. The maximum atomic E-state index is 12.8. The van der Waals surface area contributed by atoms with Gasteiger partial charge in [-0.25, -0.2) is 0 Å². The van der Waals surface area contributed by atoms with E-state index in [1.807, 2.05) is 47.9 Å². The summed E-state index contributed by atoms with van der Waals surface area (Å²) in [6, 6.07) is 11.6. The summed E-state index contributed by atoms with van der Waals surface area (Å²) >= 11 is 0.